The fourth-order valence-corrected chi connectivity index (χ4v) is 4.48. The molecule has 2 aliphatic heterocycles. The Bertz CT molecular complexity index is 725. The highest BCUT2D eigenvalue weighted by atomic mass is 16.5. The molecule has 0 spiro atoms. The third-order valence-electron chi connectivity index (χ3n) is 6.39. The maximum atomic E-state index is 11.3. The number of primary amides is 1. The number of piperidine rings is 1. The van der Waals surface area contributed by atoms with E-state index in [1.807, 2.05) is 19.2 Å². The van der Waals surface area contributed by atoms with Gasteiger partial charge in [0.15, 0.2) is 5.96 Å². The first-order valence-corrected chi connectivity index (χ1v) is 11.5. The Morgan fingerprint density at radius 3 is 2.48 bits per heavy atom. The molecule has 3 rings (SSSR count). The highest BCUT2D eigenvalue weighted by Crippen LogP contribution is 2.28. The number of methoxy groups -OCH3 is 1. The van der Waals surface area contributed by atoms with Crippen molar-refractivity contribution in [3.63, 3.8) is 0 Å². The number of rotatable bonds is 8. The summed E-state index contributed by atoms with van der Waals surface area (Å²) >= 11 is 0. The molecular formula is C23H38N6O2. The average molecular weight is 431 g/mol. The quantitative estimate of drug-likeness (QED) is 0.368. The van der Waals surface area contributed by atoms with Crippen LogP contribution in [0.15, 0.2) is 29.3 Å². The first-order chi connectivity index (χ1) is 15.1. The van der Waals surface area contributed by atoms with Crippen molar-refractivity contribution in [3.05, 3.63) is 24.3 Å². The molecule has 172 valence electrons. The zero-order valence-corrected chi connectivity index (χ0v) is 19.1. The molecule has 1 aromatic rings. The number of hydrogen-bond donors (Lipinski definition) is 2. The van der Waals surface area contributed by atoms with Gasteiger partial charge in [-0.3, -0.25) is 9.79 Å². The van der Waals surface area contributed by atoms with E-state index < -0.39 is 0 Å². The third kappa shape index (κ3) is 6.50. The lowest BCUT2D eigenvalue weighted by molar-refractivity contribution is -0.123. The molecule has 0 aliphatic carbocycles. The van der Waals surface area contributed by atoms with Crippen LogP contribution in [0.5, 0.6) is 5.75 Å². The van der Waals surface area contributed by atoms with Crippen LogP contribution in [0.25, 0.3) is 0 Å². The van der Waals surface area contributed by atoms with Crippen LogP contribution in [0.4, 0.5) is 5.69 Å². The highest BCUT2D eigenvalue weighted by Gasteiger charge is 2.23. The first kappa shape index (κ1) is 23.2. The van der Waals surface area contributed by atoms with E-state index in [2.05, 4.69) is 37.1 Å². The van der Waals surface area contributed by atoms with Gasteiger partial charge >= 0.3 is 0 Å². The Morgan fingerprint density at radius 1 is 1.13 bits per heavy atom. The lowest BCUT2D eigenvalue weighted by atomic mass is 9.96. The number of likely N-dealkylation sites (tertiary alicyclic amines) is 1. The SMILES string of the molecule is CN=C(NCCCCN1CCC(C(N)=O)CC1)N1CCN(c2ccccc2OC)CC1. The molecule has 0 atom stereocenters. The van der Waals surface area contributed by atoms with Crippen LogP contribution in [0.2, 0.25) is 0 Å². The zero-order chi connectivity index (χ0) is 22.1. The van der Waals surface area contributed by atoms with Crippen molar-refractivity contribution in [2.24, 2.45) is 16.6 Å². The van der Waals surface area contributed by atoms with E-state index in [9.17, 15) is 4.79 Å². The molecule has 31 heavy (non-hydrogen) atoms. The molecule has 0 unspecified atom stereocenters. The number of nitrogens with zero attached hydrogens (tertiary/aromatic N) is 4. The molecule has 1 aromatic carbocycles. The number of amides is 1. The van der Waals surface area contributed by atoms with Crippen molar-refractivity contribution in [3.8, 4) is 5.75 Å². The number of hydrogen-bond acceptors (Lipinski definition) is 5. The Balaban J connectivity index is 1.33. The summed E-state index contributed by atoms with van der Waals surface area (Å²) < 4.78 is 5.51. The van der Waals surface area contributed by atoms with E-state index in [4.69, 9.17) is 10.5 Å². The van der Waals surface area contributed by atoms with E-state index in [1.54, 1.807) is 7.11 Å². The number of carbonyl (C=O) groups excluding carboxylic acids is 1. The number of nitrogens with one attached hydrogen (secondary N) is 1. The van der Waals surface area contributed by atoms with E-state index in [1.165, 1.54) is 0 Å². The van der Waals surface area contributed by atoms with Gasteiger partial charge in [0.2, 0.25) is 5.91 Å². The summed E-state index contributed by atoms with van der Waals surface area (Å²) in [5.41, 5.74) is 6.58. The average Bonchev–Trinajstić information content (AvgIpc) is 2.82. The van der Waals surface area contributed by atoms with Gasteiger partial charge in [0, 0.05) is 45.7 Å². The topological polar surface area (TPSA) is 86.4 Å². The van der Waals surface area contributed by atoms with Crippen molar-refractivity contribution in [2.45, 2.75) is 25.7 Å². The number of benzene rings is 1. The summed E-state index contributed by atoms with van der Waals surface area (Å²) in [5, 5.41) is 3.53. The number of para-hydroxylation sites is 2. The molecule has 2 heterocycles. The van der Waals surface area contributed by atoms with Crippen LogP contribution in [0.1, 0.15) is 25.7 Å². The van der Waals surface area contributed by atoms with Crippen LogP contribution in [0.3, 0.4) is 0 Å². The minimum absolute atomic E-state index is 0.0738. The van der Waals surface area contributed by atoms with E-state index in [-0.39, 0.29) is 11.8 Å². The number of nitrogens with two attached hydrogens (primary N) is 1. The van der Waals surface area contributed by atoms with Crippen LogP contribution in [-0.2, 0) is 4.79 Å². The fraction of sp³-hybridized carbons (Fsp3) is 0.652. The molecule has 0 aromatic heterocycles. The molecule has 8 heteroatoms. The molecule has 1 amide bonds. The molecule has 2 fully saturated rings. The summed E-state index contributed by atoms with van der Waals surface area (Å²) in [7, 11) is 3.59. The highest BCUT2D eigenvalue weighted by molar-refractivity contribution is 5.80. The number of ether oxygens (including phenoxy) is 1. The van der Waals surface area contributed by atoms with Crippen LogP contribution in [0, 0.1) is 5.92 Å². The number of unbranched alkanes of at least 4 members (excludes halogenated alkanes) is 1. The molecule has 0 saturated carbocycles. The van der Waals surface area contributed by atoms with Crippen molar-refractivity contribution in [2.75, 3.05) is 71.4 Å². The van der Waals surface area contributed by atoms with Crippen molar-refractivity contribution in [1.82, 2.24) is 15.1 Å². The van der Waals surface area contributed by atoms with Crippen LogP contribution < -0.4 is 20.7 Å². The van der Waals surface area contributed by atoms with Gasteiger partial charge in [0.05, 0.1) is 12.8 Å². The Morgan fingerprint density at radius 2 is 1.84 bits per heavy atom. The molecule has 3 N–H and O–H groups in total. The van der Waals surface area contributed by atoms with E-state index >= 15 is 0 Å². The summed E-state index contributed by atoms with van der Waals surface area (Å²) in [6.07, 6.45) is 4.06. The van der Waals surface area contributed by atoms with Gasteiger partial charge in [-0.25, -0.2) is 0 Å². The summed E-state index contributed by atoms with van der Waals surface area (Å²) in [6, 6.07) is 8.21. The van der Waals surface area contributed by atoms with Gasteiger partial charge in [0.25, 0.3) is 0 Å². The Kier molecular flexibility index (Phi) is 8.82. The minimum atomic E-state index is -0.140. The van der Waals surface area contributed by atoms with Gasteiger partial charge < -0.3 is 30.5 Å². The smallest absolute Gasteiger partial charge is 0.220 e. The van der Waals surface area contributed by atoms with E-state index in [0.29, 0.717) is 0 Å². The minimum Gasteiger partial charge on any atom is -0.495 e. The summed E-state index contributed by atoms with van der Waals surface area (Å²) in [5.74, 6) is 1.85. The fourth-order valence-electron chi connectivity index (χ4n) is 4.48. The predicted octanol–water partition coefficient (Wildman–Crippen LogP) is 1.37. The van der Waals surface area contributed by atoms with E-state index in [0.717, 1.165) is 95.4 Å². The Hall–Kier alpha value is -2.48. The number of piperazine rings is 1. The lowest BCUT2D eigenvalue weighted by Gasteiger charge is -2.38. The number of anilines is 1. The van der Waals surface area contributed by atoms with Crippen molar-refractivity contribution in [1.29, 1.82) is 0 Å². The van der Waals surface area contributed by atoms with Gasteiger partial charge in [-0.2, -0.15) is 0 Å². The van der Waals surface area contributed by atoms with Crippen LogP contribution >= 0.6 is 0 Å². The standard InChI is InChI=1S/C23H38N6O2/c1-25-23(26-11-5-6-12-27-13-9-19(10-14-27)22(24)30)29-17-15-28(16-18-29)20-7-3-4-8-21(20)31-2/h3-4,7-8,19H,5-6,9-18H2,1-2H3,(H2,24,30)(H,25,26). The van der Waals surface area contributed by atoms with Gasteiger partial charge in [-0.05, 0) is 57.5 Å². The molecule has 0 radical (unpaired) electrons. The van der Waals surface area contributed by atoms with Crippen LogP contribution in [-0.4, -0.2) is 88.2 Å². The second-order valence-electron chi connectivity index (χ2n) is 8.35. The normalized spacial score (nSPS) is 18.8. The maximum absolute atomic E-state index is 11.3. The van der Waals surface area contributed by atoms with Crippen molar-refractivity contribution >= 4 is 17.6 Å². The third-order valence-corrected chi connectivity index (χ3v) is 6.39. The van der Waals surface area contributed by atoms with Gasteiger partial charge in [-0.15, -0.1) is 0 Å². The lowest BCUT2D eigenvalue weighted by Crippen LogP contribution is -2.52. The zero-order valence-electron chi connectivity index (χ0n) is 19.1. The first-order valence-electron chi connectivity index (χ1n) is 11.5. The number of carbonyl (C=O) groups is 1. The molecular weight excluding hydrogens is 392 g/mol. The molecule has 2 aliphatic rings. The Labute approximate surface area is 186 Å². The van der Waals surface area contributed by atoms with Crippen molar-refractivity contribution < 1.29 is 9.53 Å². The molecule has 2 saturated heterocycles. The second kappa shape index (κ2) is 11.8. The maximum Gasteiger partial charge on any atom is 0.220 e. The largest absolute Gasteiger partial charge is 0.495 e. The summed E-state index contributed by atoms with van der Waals surface area (Å²) in [4.78, 5) is 22.9. The van der Waals surface area contributed by atoms with Gasteiger partial charge in [0.1, 0.15) is 5.75 Å². The second-order valence-corrected chi connectivity index (χ2v) is 8.35. The molecule has 0 bridgehead atoms. The number of guanidine groups is 1. The van der Waals surface area contributed by atoms with Gasteiger partial charge in [-0.1, -0.05) is 12.1 Å². The predicted molar refractivity (Wildman–Crippen MR) is 126 cm³/mol. The summed E-state index contributed by atoms with van der Waals surface area (Å²) in [6.45, 7) is 7.75. The number of aliphatic imine (C=N–C) groups is 1. The monoisotopic (exact) mass is 430 g/mol. The molecule has 8 nitrogen and oxygen atoms in total.